The lowest BCUT2D eigenvalue weighted by Crippen LogP contribution is -2.14. The molecule has 1 aromatic carbocycles. The van der Waals surface area contributed by atoms with Crippen molar-refractivity contribution in [1.29, 1.82) is 0 Å². The molecule has 0 spiro atoms. The smallest absolute Gasteiger partial charge is 0.257 e. The molecule has 1 heterocycles. The standard InChI is InChI=1S/C13H15N3O2/c1-8-9(4-3-5-10(8)14)13(17)16-11-6-7-12(15-11)18-2/h3-7,15H,14H2,1-2H3,(H,16,17). The fraction of sp³-hybridized carbons (Fsp3) is 0.154. The second-order valence-electron chi connectivity index (χ2n) is 3.91. The van der Waals surface area contributed by atoms with Crippen molar-refractivity contribution in [2.45, 2.75) is 6.92 Å². The Morgan fingerprint density at radius 3 is 2.78 bits per heavy atom. The van der Waals surface area contributed by atoms with Crippen molar-refractivity contribution in [1.82, 2.24) is 4.98 Å². The minimum atomic E-state index is -0.204. The molecule has 0 unspecified atom stereocenters. The van der Waals surface area contributed by atoms with Crippen molar-refractivity contribution in [3.63, 3.8) is 0 Å². The van der Waals surface area contributed by atoms with Gasteiger partial charge in [-0.3, -0.25) is 4.79 Å². The first-order valence-corrected chi connectivity index (χ1v) is 5.51. The molecule has 0 bridgehead atoms. The molecule has 5 heteroatoms. The molecule has 2 rings (SSSR count). The van der Waals surface area contributed by atoms with Crippen molar-refractivity contribution in [2.75, 3.05) is 18.2 Å². The Hall–Kier alpha value is -2.43. The summed E-state index contributed by atoms with van der Waals surface area (Å²) in [5.74, 6) is 0.970. The predicted octanol–water partition coefficient (Wildman–Crippen LogP) is 2.17. The van der Waals surface area contributed by atoms with E-state index in [2.05, 4.69) is 10.3 Å². The second kappa shape index (κ2) is 4.83. The summed E-state index contributed by atoms with van der Waals surface area (Å²) in [7, 11) is 1.56. The summed E-state index contributed by atoms with van der Waals surface area (Å²) < 4.78 is 5.00. The maximum absolute atomic E-state index is 12.1. The highest BCUT2D eigenvalue weighted by Crippen LogP contribution is 2.18. The Morgan fingerprint density at radius 1 is 1.33 bits per heavy atom. The van der Waals surface area contributed by atoms with E-state index >= 15 is 0 Å². The van der Waals surface area contributed by atoms with Gasteiger partial charge in [0, 0.05) is 17.3 Å². The average Bonchev–Trinajstić information content (AvgIpc) is 2.80. The normalized spacial score (nSPS) is 10.1. The zero-order chi connectivity index (χ0) is 13.1. The number of nitrogens with one attached hydrogen (secondary N) is 2. The molecule has 18 heavy (non-hydrogen) atoms. The van der Waals surface area contributed by atoms with Gasteiger partial charge >= 0.3 is 0 Å². The SMILES string of the molecule is COc1ccc(NC(=O)c2cccc(N)c2C)[nH]1. The van der Waals surface area contributed by atoms with Gasteiger partial charge in [0.2, 0.25) is 0 Å². The highest BCUT2D eigenvalue weighted by Gasteiger charge is 2.11. The van der Waals surface area contributed by atoms with E-state index in [1.165, 1.54) is 0 Å². The quantitative estimate of drug-likeness (QED) is 0.725. The molecule has 94 valence electrons. The maximum atomic E-state index is 12.1. The summed E-state index contributed by atoms with van der Waals surface area (Å²) in [5, 5.41) is 2.75. The van der Waals surface area contributed by atoms with E-state index in [9.17, 15) is 4.79 Å². The van der Waals surface area contributed by atoms with Gasteiger partial charge in [0.1, 0.15) is 5.82 Å². The van der Waals surface area contributed by atoms with Gasteiger partial charge in [0.25, 0.3) is 5.91 Å². The van der Waals surface area contributed by atoms with E-state index in [4.69, 9.17) is 10.5 Å². The van der Waals surface area contributed by atoms with Gasteiger partial charge in [-0.1, -0.05) is 6.07 Å². The van der Waals surface area contributed by atoms with Crippen LogP contribution in [0.5, 0.6) is 5.88 Å². The fourth-order valence-electron chi connectivity index (χ4n) is 1.66. The highest BCUT2D eigenvalue weighted by molar-refractivity contribution is 6.05. The first-order valence-electron chi connectivity index (χ1n) is 5.51. The molecule has 0 atom stereocenters. The first kappa shape index (κ1) is 12.0. The number of amides is 1. The number of anilines is 2. The third-order valence-electron chi connectivity index (χ3n) is 2.75. The predicted molar refractivity (Wildman–Crippen MR) is 70.9 cm³/mol. The first-order chi connectivity index (χ1) is 8.61. The van der Waals surface area contributed by atoms with Crippen molar-refractivity contribution in [2.24, 2.45) is 0 Å². The fourth-order valence-corrected chi connectivity index (χ4v) is 1.66. The van der Waals surface area contributed by atoms with Crippen LogP contribution in [0, 0.1) is 6.92 Å². The molecular weight excluding hydrogens is 230 g/mol. The van der Waals surface area contributed by atoms with Gasteiger partial charge in [-0.05, 0) is 30.7 Å². The van der Waals surface area contributed by atoms with E-state index in [1.807, 2.05) is 6.92 Å². The number of H-pyrrole nitrogens is 1. The Balaban J connectivity index is 2.19. The van der Waals surface area contributed by atoms with Gasteiger partial charge in [0.15, 0.2) is 5.88 Å². The second-order valence-corrected chi connectivity index (χ2v) is 3.91. The van der Waals surface area contributed by atoms with Crippen molar-refractivity contribution >= 4 is 17.4 Å². The Labute approximate surface area is 105 Å². The van der Waals surface area contributed by atoms with E-state index < -0.39 is 0 Å². The number of benzene rings is 1. The lowest BCUT2D eigenvalue weighted by atomic mass is 10.1. The average molecular weight is 245 g/mol. The highest BCUT2D eigenvalue weighted by atomic mass is 16.5. The number of methoxy groups -OCH3 is 1. The number of ether oxygens (including phenoxy) is 1. The molecule has 0 radical (unpaired) electrons. The number of hydrogen-bond acceptors (Lipinski definition) is 3. The minimum absolute atomic E-state index is 0.204. The van der Waals surface area contributed by atoms with Gasteiger partial charge in [0.05, 0.1) is 7.11 Å². The number of rotatable bonds is 3. The van der Waals surface area contributed by atoms with Crippen LogP contribution in [-0.2, 0) is 0 Å². The van der Waals surface area contributed by atoms with Crippen LogP contribution in [-0.4, -0.2) is 18.0 Å². The van der Waals surface area contributed by atoms with E-state index in [-0.39, 0.29) is 5.91 Å². The topological polar surface area (TPSA) is 80.1 Å². The Morgan fingerprint density at radius 2 is 2.11 bits per heavy atom. The van der Waals surface area contributed by atoms with Crippen LogP contribution in [0.2, 0.25) is 0 Å². The van der Waals surface area contributed by atoms with Crippen LogP contribution in [0.3, 0.4) is 0 Å². The van der Waals surface area contributed by atoms with E-state index in [1.54, 1.807) is 37.4 Å². The van der Waals surface area contributed by atoms with Crippen LogP contribution in [0.15, 0.2) is 30.3 Å². The minimum Gasteiger partial charge on any atom is -0.482 e. The van der Waals surface area contributed by atoms with Gasteiger partial charge in [-0.2, -0.15) is 0 Å². The molecule has 0 aliphatic heterocycles. The van der Waals surface area contributed by atoms with Crippen LogP contribution in [0.25, 0.3) is 0 Å². The molecule has 0 aliphatic rings. The Bertz CT molecular complexity index is 575. The summed E-state index contributed by atoms with van der Waals surface area (Å²) in [6, 6.07) is 8.73. The van der Waals surface area contributed by atoms with Crippen LogP contribution >= 0.6 is 0 Å². The Kier molecular flexibility index (Phi) is 3.23. The van der Waals surface area contributed by atoms with Crippen molar-refractivity contribution < 1.29 is 9.53 Å². The maximum Gasteiger partial charge on any atom is 0.257 e. The molecule has 4 N–H and O–H groups in total. The van der Waals surface area contributed by atoms with Crippen LogP contribution in [0.1, 0.15) is 15.9 Å². The number of hydrogen-bond donors (Lipinski definition) is 3. The summed E-state index contributed by atoms with van der Waals surface area (Å²) in [5.41, 5.74) is 7.70. The monoisotopic (exact) mass is 245 g/mol. The lowest BCUT2D eigenvalue weighted by Gasteiger charge is -2.08. The zero-order valence-electron chi connectivity index (χ0n) is 10.3. The zero-order valence-corrected chi connectivity index (χ0v) is 10.3. The van der Waals surface area contributed by atoms with Crippen molar-refractivity contribution in [3.05, 3.63) is 41.5 Å². The third kappa shape index (κ3) is 2.29. The number of nitrogens with two attached hydrogens (primary N) is 1. The molecule has 0 aliphatic carbocycles. The van der Waals surface area contributed by atoms with Gasteiger partial charge < -0.3 is 20.8 Å². The molecule has 0 fully saturated rings. The number of carbonyl (C=O) groups is 1. The molecule has 1 aromatic heterocycles. The number of aromatic nitrogens is 1. The number of nitrogen functional groups attached to an aromatic ring is 1. The number of carbonyl (C=O) groups excluding carboxylic acids is 1. The molecule has 1 amide bonds. The summed E-state index contributed by atoms with van der Waals surface area (Å²) in [4.78, 5) is 15.0. The van der Waals surface area contributed by atoms with E-state index in [0.717, 1.165) is 5.56 Å². The third-order valence-corrected chi connectivity index (χ3v) is 2.75. The van der Waals surface area contributed by atoms with Crippen LogP contribution < -0.4 is 15.8 Å². The lowest BCUT2D eigenvalue weighted by molar-refractivity contribution is 0.102. The molecule has 0 saturated carbocycles. The summed E-state index contributed by atoms with van der Waals surface area (Å²) in [6.45, 7) is 1.82. The van der Waals surface area contributed by atoms with Gasteiger partial charge in [-0.15, -0.1) is 0 Å². The van der Waals surface area contributed by atoms with E-state index in [0.29, 0.717) is 22.9 Å². The molecule has 5 nitrogen and oxygen atoms in total. The molecule has 2 aromatic rings. The molecule has 0 saturated heterocycles. The van der Waals surface area contributed by atoms with Crippen molar-refractivity contribution in [3.8, 4) is 5.88 Å². The van der Waals surface area contributed by atoms with Crippen LogP contribution in [0.4, 0.5) is 11.5 Å². The number of aromatic amines is 1. The summed E-state index contributed by atoms with van der Waals surface area (Å²) >= 11 is 0. The summed E-state index contributed by atoms with van der Waals surface area (Å²) in [6.07, 6.45) is 0. The largest absolute Gasteiger partial charge is 0.482 e. The molecular formula is C13H15N3O2. The van der Waals surface area contributed by atoms with Gasteiger partial charge in [-0.25, -0.2) is 0 Å².